The van der Waals surface area contributed by atoms with E-state index in [9.17, 15) is 9.59 Å². The Morgan fingerprint density at radius 1 is 1.50 bits per heavy atom. The first-order valence-electron chi connectivity index (χ1n) is 6.44. The van der Waals surface area contributed by atoms with Crippen LogP contribution in [-0.4, -0.2) is 40.1 Å². The minimum atomic E-state index is -0.918. The van der Waals surface area contributed by atoms with E-state index in [2.05, 4.69) is 12.2 Å². The maximum absolute atomic E-state index is 11.8. The van der Waals surface area contributed by atoms with Crippen molar-refractivity contribution in [1.82, 2.24) is 5.32 Å². The third kappa shape index (κ3) is 4.86. The Labute approximate surface area is 112 Å². The second-order valence-corrected chi connectivity index (χ2v) is 6.09. The van der Waals surface area contributed by atoms with Crippen molar-refractivity contribution in [2.45, 2.75) is 56.4 Å². The predicted molar refractivity (Wildman–Crippen MR) is 72.5 cm³/mol. The van der Waals surface area contributed by atoms with E-state index in [4.69, 9.17) is 10.8 Å². The molecule has 3 atom stereocenters. The predicted octanol–water partition coefficient (Wildman–Crippen LogP) is 0.969. The monoisotopic (exact) mass is 274 g/mol. The molecule has 1 fully saturated rings. The molecule has 0 aromatic rings. The van der Waals surface area contributed by atoms with Gasteiger partial charge >= 0.3 is 5.97 Å². The maximum atomic E-state index is 11.8. The maximum Gasteiger partial charge on any atom is 0.303 e. The largest absolute Gasteiger partial charge is 0.481 e. The zero-order valence-corrected chi connectivity index (χ0v) is 11.5. The van der Waals surface area contributed by atoms with Crippen LogP contribution in [0.25, 0.3) is 0 Å². The number of thioether (sulfide) groups is 1. The van der Waals surface area contributed by atoms with Gasteiger partial charge in [-0.3, -0.25) is 9.59 Å². The highest BCUT2D eigenvalue weighted by Gasteiger charge is 2.29. The van der Waals surface area contributed by atoms with Crippen LogP contribution in [0.1, 0.15) is 39.0 Å². The van der Waals surface area contributed by atoms with E-state index in [1.807, 2.05) is 11.8 Å². The van der Waals surface area contributed by atoms with Crippen LogP contribution in [0.5, 0.6) is 0 Å². The molecule has 0 saturated heterocycles. The quantitative estimate of drug-likeness (QED) is 0.643. The number of hydrogen-bond donors (Lipinski definition) is 3. The van der Waals surface area contributed by atoms with E-state index in [0.717, 1.165) is 25.0 Å². The summed E-state index contributed by atoms with van der Waals surface area (Å²) in [6.07, 6.45) is 3.39. The molecular weight excluding hydrogens is 252 g/mol. The van der Waals surface area contributed by atoms with E-state index >= 15 is 0 Å². The summed E-state index contributed by atoms with van der Waals surface area (Å²) in [5, 5.41) is 12.0. The highest BCUT2D eigenvalue weighted by Crippen LogP contribution is 2.29. The van der Waals surface area contributed by atoms with Gasteiger partial charge in [0.05, 0.1) is 6.04 Å². The molecule has 104 valence electrons. The lowest BCUT2D eigenvalue weighted by atomic mass is 10.1. The third-order valence-corrected chi connectivity index (χ3v) is 4.49. The van der Waals surface area contributed by atoms with Crippen LogP contribution in [-0.2, 0) is 9.59 Å². The van der Waals surface area contributed by atoms with Crippen molar-refractivity contribution in [2.75, 3.05) is 5.75 Å². The lowest BCUT2D eigenvalue weighted by Gasteiger charge is -2.22. The van der Waals surface area contributed by atoms with Gasteiger partial charge in [0.15, 0.2) is 0 Å². The number of amides is 1. The molecule has 4 N–H and O–H groups in total. The number of nitrogens with two attached hydrogens (primary N) is 1. The molecule has 5 nitrogen and oxygen atoms in total. The minimum absolute atomic E-state index is 0.0631. The van der Waals surface area contributed by atoms with Gasteiger partial charge in [0, 0.05) is 17.7 Å². The number of hydrogen-bond acceptors (Lipinski definition) is 4. The summed E-state index contributed by atoms with van der Waals surface area (Å²) in [6.45, 7) is 2.11. The summed E-state index contributed by atoms with van der Waals surface area (Å²) in [7, 11) is 0. The van der Waals surface area contributed by atoms with Crippen LogP contribution in [0.3, 0.4) is 0 Å². The van der Waals surface area contributed by atoms with Crippen LogP contribution < -0.4 is 11.1 Å². The van der Waals surface area contributed by atoms with Crippen molar-refractivity contribution < 1.29 is 14.7 Å². The second kappa shape index (κ2) is 7.63. The summed E-state index contributed by atoms with van der Waals surface area (Å²) in [5.74, 6) is -0.0920. The zero-order chi connectivity index (χ0) is 13.5. The van der Waals surface area contributed by atoms with Gasteiger partial charge in [-0.25, -0.2) is 0 Å². The normalized spacial score (nSPS) is 24.8. The smallest absolute Gasteiger partial charge is 0.303 e. The van der Waals surface area contributed by atoms with Crippen molar-refractivity contribution in [3.05, 3.63) is 0 Å². The average molecular weight is 274 g/mol. The fourth-order valence-corrected chi connectivity index (χ4v) is 3.40. The first kappa shape index (κ1) is 15.3. The van der Waals surface area contributed by atoms with Crippen LogP contribution in [0.4, 0.5) is 0 Å². The summed E-state index contributed by atoms with van der Waals surface area (Å²) in [5.41, 5.74) is 5.68. The molecule has 3 unspecified atom stereocenters. The Morgan fingerprint density at radius 2 is 2.22 bits per heavy atom. The number of carbonyl (C=O) groups is 2. The Balaban J connectivity index is 2.36. The molecule has 0 aromatic heterocycles. The molecule has 0 spiro atoms. The standard InChI is InChI=1S/C12H22N2O3S/c1-2-18-10-5-3-4-9(10)14-12(17)8(13)6-7-11(15)16/h8-10H,2-7,13H2,1H3,(H,14,17)(H,15,16). The number of rotatable bonds is 7. The van der Waals surface area contributed by atoms with E-state index in [1.54, 1.807) is 0 Å². The van der Waals surface area contributed by atoms with Crippen LogP contribution >= 0.6 is 11.8 Å². The highest BCUT2D eigenvalue weighted by molar-refractivity contribution is 7.99. The van der Waals surface area contributed by atoms with Crippen molar-refractivity contribution in [2.24, 2.45) is 5.73 Å². The number of nitrogens with one attached hydrogen (secondary N) is 1. The molecule has 1 saturated carbocycles. The molecular formula is C12H22N2O3S. The topological polar surface area (TPSA) is 92.4 Å². The van der Waals surface area contributed by atoms with Crippen LogP contribution in [0.15, 0.2) is 0 Å². The first-order valence-corrected chi connectivity index (χ1v) is 7.48. The second-order valence-electron chi connectivity index (χ2n) is 4.58. The van der Waals surface area contributed by atoms with Crippen molar-refractivity contribution in [1.29, 1.82) is 0 Å². The third-order valence-electron chi connectivity index (χ3n) is 3.17. The van der Waals surface area contributed by atoms with Crippen LogP contribution in [0, 0.1) is 0 Å². The van der Waals surface area contributed by atoms with Crippen molar-refractivity contribution in [3.63, 3.8) is 0 Å². The summed E-state index contributed by atoms with van der Waals surface area (Å²) in [6, 6.07) is -0.521. The molecule has 0 radical (unpaired) electrons. The van der Waals surface area contributed by atoms with Gasteiger partial charge < -0.3 is 16.2 Å². The van der Waals surface area contributed by atoms with E-state index in [-0.39, 0.29) is 24.8 Å². The number of carboxylic acid groups (broad SMARTS) is 1. The number of carbonyl (C=O) groups excluding carboxylic acids is 1. The lowest BCUT2D eigenvalue weighted by Crippen LogP contribution is -2.47. The lowest BCUT2D eigenvalue weighted by molar-refractivity contribution is -0.137. The molecule has 0 bridgehead atoms. The first-order chi connectivity index (χ1) is 8.54. The summed E-state index contributed by atoms with van der Waals surface area (Å²) >= 11 is 1.87. The van der Waals surface area contributed by atoms with E-state index < -0.39 is 12.0 Å². The van der Waals surface area contributed by atoms with Crippen LogP contribution in [0.2, 0.25) is 0 Å². The molecule has 1 amide bonds. The Kier molecular flexibility index (Phi) is 6.49. The SMILES string of the molecule is CCSC1CCCC1NC(=O)C(N)CCC(=O)O. The molecule has 0 heterocycles. The van der Waals surface area contributed by atoms with E-state index in [0.29, 0.717) is 5.25 Å². The molecule has 18 heavy (non-hydrogen) atoms. The van der Waals surface area contributed by atoms with Gasteiger partial charge in [-0.15, -0.1) is 0 Å². The average Bonchev–Trinajstić information content (AvgIpc) is 2.74. The minimum Gasteiger partial charge on any atom is -0.481 e. The van der Waals surface area contributed by atoms with Gasteiger partial charge in [0.2, 0.25) is 5.91 Å². The zero-order valence-electron chi connectivity index (χ0n) is 10.7. The summed E-state index contributed by atoms with van der Waals surface area (Å²) in [4.78, 5) is 22.2. The Morgan fingerprint density at radius 3 is 2.83 bits per heavy atom. The van der Waals surface area contributed by atoms with Gasteiger partial charge in [0.1, 0.15) is 0 Å². The van der Waals surface area contributed by atoms with Gasteiger partial charge in [-0.2, -0.15) is 11.8 Å². The van der Waals surface area contributed by atoms with Gasteiger partial charge in [-0.05, 0) is 25.0 Å². The molecule has 1 aliphatic carbocycles. The van der Waals surface area contributed by atoms with Crippen molar-refractivity contribution >= 4 is 23.6 Å². The fourth-order valence-electron chi connectivity index (χ4n) is 2.20. The Bertz CT molecular complexity index is 299. The number of aliphatic carboxylic acids is 1. The van der Waals surface area contributed by atoms with Gasteiger partial charge in [0.25, 0.3) is 0 Å². The molecule has 0 aliphatic heterocycles. The van der Waals surface area contributed by atoms with E-state index in [1.165, 1.54) is 0 Å². The summed E-state index contributed by atoms with van der Waals surface area (Å²) < 4.78 is 0. The molecule has 1 rings (SSSR count). The molecule has 6 heteroatoms. The van der Waals surface area contributed by atoms with Gasteiger partial charge in [-0.1, -0.05) is 13.3 Å². The van der Waals surface area contributed by atoms with Crippen molar-refractivity contribution in [3.8, 4) is 0 Å². The highest BCUT2D eigenvalue weighted by atomic mass is 32.2. The molecule has 1 aliphatic rings. The molecule has 0 aromatic carbocycles. The fraction of sp³-hybridized carbons (Fsp3) is 0.833. The Hall–Kier alpha value is -0.750. The number of carboxylic acids is 1.